The zero-order valence-electron chi connectivity index (χ0n) is 15.9. The third-order valence-electron chi connectivity index (χ3n) is 4.01. The lowest BCUT2D eigenvalue weighted by Gasteiger charge is -2.14. The maximum Gasteiger partial charge on any atom is 0.267 e. The van der Waals surface area contributed by atoms with Gasteiger partial charge in [0.25, 0.3) is 5.56 Å². The molecule has 146 valence electrons. The standard InChI is InChI=1S/C19H21N5O4/c1-4-27-15-7-5-14(6-8-15)16-9-10-18(25)24(23-16)12(2)19(26)20-11-17-22-21-13(3)28-17/h5-10,12H,4,11H2,1-3H3,(H,20,26). The topological polar surface area (TPSA) is 112 Å². The molecule has 9 nitrogen and oxygen atoms in total. The SMILES string of the molecule is CCOc1ccc(-c2ccc(=O)n(C(C)C(=O)NCc3nnc(C)o3)n2)cc1. The number of ether oxygens (including phenoxy) is 1. The average Bonchev–Trinajstić information content (AvgIpc) is 3.12. The minimum absolute atomic E-state index is 0.0807. The molecular weight excluding hydrogens is 362 g/mol. The first-order valence-electron chi connectivity index (χ1n) is 8.87. The number of carbonyl (C=O) groups excluding carboxylic acids is 1. The van der Waals surface area contributed by atoms with E-state index in [1.54, 1.807) is 19.9 Å². The number of hydrogen-bond acceptors (Lipinski definition) is 7. The van der Waals surface area contributed by atoms with Gasteiger partial charge in [0, 0.05) is 18.6 Å². The smallest absolute Gasteiger partial charge is 0.267 e. The van der Waals surface area contributed by atoms with Crippen LogP contribution in [-0.2, 0) is 11.3 Å². The van der Waals surface area contributed by atoms with Gasteiger partial charge in [-0.1, -0.05) is 0 Å². The summed E-state index contributed by atoms with van der Waals surface area (Å²) in [6, 6.07) is 9.58. The van der Waals surface area contributed by atoms with E-state index in [4.69, 9.17) is 9.15 Å². The molecule has 2 aromatic heterocycles. The molecule has 0 saturated carbocycles. The maximum atomic E-state index is 12.4. The van der Waals surface area contributed by atoms with Crippen LogP contribution < -0.4 is 15.6 Å². The van der Waals surface area contributed by atoms with Crippen molar-refractivity contribution in [2.24, 2.45) is 0 Å². The number of rotatable bonds is 7. The maximum absolute atomic E-state index is 12.4. The highest BCUT2D eigenvalue weighted by Crippen LogP contribution is 2.20. The first-order valence-corrected chi connectivity index (χ1v) is 8.87. The fraction of sp³-hybridized carbons (Fsp3) is 0.316. The Balaban J connectivity index is 1.76. The molecule has 9 heteroatoms. The summed E-state index contributed by atoms with van der Waals surface area (Å²) in [5.74, 6) is 1.08. The van der Waals surface area contributed by atoms with Gasteiger partial charge < -0.3 is 14.5 Å². The molecule has 28 heavy (non-hydrogen) atoms. The van der Waals surface area contributed by atoms with Crippen molar-refractivity contribution in [2.75, 3.05) is 6.61 Å². The van der Waals surface area contributed by atoms with Crippen LogP contribution in [0.3, 0.4) is 0 Å². The second-order valence-corrected chi connectivity index (χ2v) is 6.07. The molecule has 1 aromatic carbocycles. The number of amides is 1. The van der Waals surface area contributed by atoms with Gasteiger partial charge in [0.2, 0.25) is 17.7 Å². The molecule has 2 heterocycles. The molecule has 3 rings (SSSR count). The number of nitrogens with zero attached hydrogens (tertiary/aromatic N) is 4. The van der Waals surface area contributed by atoms with Gasteiger partial charge in [-0.05, 0) is 44.2 Å². The van der Waals surface area contributed by atoms with Crippen LogP contribution in [-0.4, -0.2) is 32.5 Å². The molecule has 0 fully saturated rings. The van der Waals surface area contributed by atoms with Crippen molar-refractivity contribution in [3.63, 3.8) is 0 Å². The van der Waals surface area contributed by atoms with Gasteiger partial charge in [-0.15, -0.1) is 10.2 Å². The Labute approximate surface area is 161 Å². The van der Waals surface area contributed by atoms with Crippen molar-refractivity contribution in [3.8, 4) is 17.0 Å². The van der Waals surface area contributed by atoms with Crippen LogP contribution in [0.2, 0.25) is 0 Å². The van der Waals surface area contributed by atoms with E-state index in [-0.39, 0.29) is 18.0 Å². The van der Waals surface area contributed by atoms with Crippen LogP contribution in [0.25, 0.3) is 11.3 Å². The van der Waals surface area contributed by atoms with Crippen molar-refractivity contribution in [1.29, 1.82) is 0 Å². The van der Waals surface area contributed by atoms with E-state index in [0.717, 1.165) is 16.0 Å². The molecule has 0 aliphatic carbocycles. The van der Waals surface area contributed by atoms with Gasteiger partial charge in [-0.3, -0.25) is 9.59 Å². The summed E-state index contributed by atoms with van der Waals surface area (Å²) in [6.07, 6.45) is 0. The molecular formula is C19H21N5O4. The lowest BCUT2D eigenvalue weighted by molar-refractivity contribution is -0.124. The van der Waals surface area contributed by atoms with Crippen molar-refractivity contribution in [2.45, 2.75) is 33.4 Å². The molecule has 0 spiro atoms. The highest BCUT2D eigenvalue weighted by Gasteiger charge is 2.18. The normalized spacial score (nSPS) is 11.8. The van der Waals surface area contributed by atoms with Crippen LogP contribution in [0, 0.1) is 6.92 Å². The molecule has 0 saturated heterocycles. The Morgan fingerprint density at radius 2 is 1.96 bits per heavy atom. The van der Waals surface area contributed by atoms with Gasteiger partial charge in [-0.25, -0.2) is 4.68 Å². The minimum atomic E-state index is -0.806. The van der Waals surface area contributed by atoms with Crippen LogP contribution in [0.4, 0.5) is 0 Å². The zero-order chi connectivity index (χ0) is 20.1. The number of nitrogens with one attached hydrogen (secondary N) is 1. The molecule has 1 unspecified atom stereocenters. The first-order chi connectivity index (χ1) is 13.5. The van der Waals surface area contributed by atoms with E-state index in [9.17, 15) is 9.59 Å². The predicted octanol–water partition coefficient (Wildman–Crippen LogP) is 1.88. The van der Waals surface area contributed by atoms with E-state index in [1.807, 2.05) is 31.2 Å². The Hall–Kier alpha value is -3.49. The summed E-state index contributed by atoms with van der Waals surface area (Å²) in [5, 5.41) is 14.5. The molecule has 0 radical (unpaired) electrons. The van der Waals surface area contributed by atoms with Crippen LogP contribution >= 0.6 is 0 Å². The summed E-state index contributed by atoms with van der Waals surface area (Å²) in [4.78, 5) is 24.6. The van der Waals surface area contributed by atoms with Crippen molar-refractivity contribution in [3.05, 3.63) is 58.5 Å². The average molecular weight is 383 g/mol. The number of carbonyl (C=O) groups is 1. The molecule has 0 aliphatic heterocycles. The summed E-state index contributed by atoms with van der Waals surface area (Å²) in [5.41, 5.74) is 1.02. The summed E-state index contributed by atoms with van der Waals surface area (Å²) in [6.45, 7) is 5.84. The first kappa shape index (κ1) is 19.3. The van der Waals surface area contributed by atoms with Gasteiger partial charge in [0.05, 0.1) is 18.8 Å². The number of benzene rings is 1. The Morgan fingerprint density at radius 1 is 1.21 bits per heavy atom. The molecule has 0 aliphatic rings. The molecule has 3 aromatic rings. The lowest BCUT2D eigenvalue weighted by Crippen LogP contribution is -2.36. The van der Waals surface area contributed by atoms with Gasteiger partial charge >= 0.3 is 0 Å². The largest absolute Gasteiger partial charge is 0.494 e. The van der Waals surface area contributed by atoms with E-state index in [1.165, 1.54) is 6.07 Å². The minimum Gasteiger partial charge on any atom is -0.494 e. The fourth-order valence-corrected chi connectivity index (χ4v) is 2.58. The van der Waals surface area contributed by atoms with Crippen LogP contribution in [0.15, 0.2) is 45.6 Å². The predicted molar refractivity (Wildman–Crippen MR) is 101 cm³/mol. The Morgan fingerprint density at radius 3 is 2.61 bits per heavy atom. The third kappa shape index (κ3) is 4.43. The monoisotopic (exact) mass is 383 g/mol. The second kappa shape index (κ2) is 8.47. The second-order valence-electron chi connectivity index (χ2n) is 6.07. The van der Waals surface area contributed by atoms with Crippen molar-refractivity contribution in [1.82, 2.24) is 25.3 Å². The van der Waals surface area contributed by atoms with E-state index in [2.05, 4.69) is 20.6 Å². The highest BCUT2D eigenvalue weighted by atomic mass is 16.5. The van der Waals surface area contributed by atoms with Crippen LogP contribution in [0.5, 0.6) is 5.75 Å². The summed E-state index contributed by atoms with van der Waals surface area (Å²) in [7, 11) is 0. The quantitative estimate of drug-likeness (QED) is 0.663. The van der Waals surface area contributed by atoms with Gasteiger partial charge in [0.15, 0.2) is 0 Å². The fourth-order valence-electron chi connectivity index (χ4n) is 2.58. The van der Waals surface area contributed by atoms with Gasteiger partial charge in [0.1, 0.15) is 11.8 Å². The highest BCUT2D eigenvalue weighted by molar-refractivity contribution is 5.79. The van der Waals surface area contributed by atoms with Crippen molar-refractivity contribution < 1.29 is 13.9 Å². The number of hydrogen-bond donors (Lipinski definition) is 1. The van der Waals surface area contributed by atoms with E-state index < -0.39 is 6.04 Å². The molecule has 1 N–H and O–H groups in total. The lowest BCUT2D eigenvalue weighted by atomic mass is 10.1. The van der Waals surface area contributed by atoms with Crippen LogP contribution in [0.1, 0.15) is 31.7 Å². The summed E-state index contributed by atoms with van der Waals surface area (Å²) >= 11 is 0. The Bertz CT molecular complexity index is 1010. The molecule has 0 bridgehead atoms. The number of aryl methyl sites for hydroxylation is 1. The van der Waals surface area contributed by atoms with E-state index >= 15 is 0 Å². The van der Waals surface area contributed by atoms with Gasteiger partial charge in [-0.2, -0.15) is 5.10 Å². The molecule has 1 amide bonds. The third-order valence-corrected chi connectivity index (χ3v) is 4.01. The zero-order valence-corrected chi connectivity index (χ0v) is 15.9. The Kier molecular flexibility index (Phi) is 5.83. The molecule has 1 atom stereocenters. The summed E-state index contributed by atoms with van der Waals surface area (Å²) < 4.78 is 11.8. The van der Waals surface area contributed by atoms with Crippen molar-refractivity contribution >= 4 is 5.91 Å². The number of aromatic nitrogens is 4. The van der Waals surface area contributed by atoms with E-state index in [0.29, 0.717) is 24.1 Å².